The zero-order chi connectivity index (χ0) is 19.1. The topological polar surface area (TPSA) is 59.5 Å². The Morgan fingerprint density at radius 1 is 1.07 bits per heavy atom. The second-order valence-corrected chi connectivity index (χ2v) is 8.44. The van der Waals surface area contributed by atoms with Crippen LogP contribution in [0.3, 0.4) is 0 Å². The van der Waals surface area contributed by atoms with Gasteiger partial charge < -0.3 is 9.64 Å². The molecule has 1 amide bonds. The minimum atomic E-state index is -0.707. The zero-order valence-electron chi connectivity index (χ0n) is 15.3. The van der Waals surface area contributed by atoms with Gasteiger partial charge in [0.2, 0.25) is 0 Å². The lowest BCUT2D eigenvalue weighted by atomic mass is 9.95. The molecule has 0 aliphatic carbocycles. The number of likely N-dealkylation sites (tertiary alicyclic amines) is 1. The van der Waals surface area contributed by atoms with Crippen molar-refractivity contribution >= 4 is 33.4 Å². The summed E-state index contributed by atoms with van der Waals surface area (Å²) in [6.07, 6.45) is 1.53. The van der Waals surface area contributed by atoms with Crippen molar-refractivity contribution < 1.29 is 14.3 Å². The molecule has 142 valence electrons. The fraction of sp³-hybridized carbons (Fsp3) is 0.318. The first kappa shape index (κ1) is 17.4. The largest absolute Gasteiger partial charge is 0.448 e. The molecular weight excluding hydrogens is 372 g/mol. The number of piperidine rings is 1. The van der Waals surface area contributed by atoms with Crippen LogP contribution in [-0.2, 0) is 16.0 Å². The summed E-state index contributed by atoms with van der Waals surface area (Å²) in [5, 5.41) is 1.16. The molecule has 1 atom stereocenters. The van der Waals surface area contributed by atoms with Crippen molar-refractivity contribution in [3.05, 3.63) is 64.7 Å². The summed E-state index contributed by atoms with van der Waals surface area (Å²) in [5.41, 5.74) is 2.51. The van der Waals surface area contributed by atoms with Gasteiger partial charge in [-0.25, -0.2) is 9.78 Å². The first-order valence-corrected chi connectivity index (χ1v) is 10.4. The SMILES string of the molecule is O=C1O[C@H](C(=O)N2CCC(c3nc4ccccc4s3)CC2)Cc2ccccc21. The Labute approximate surface area is 166 Å². The third-order valence-corrected chi connectivity index (χ3v) is 6.83. The summed E-state index contributed by atoms with van der Waals surface area (Å²) in [5.74, 6) is -0.0914. The number of nitrogens with zero attached hydrogens (tertiary/aromatic N) is 2. The number of rotatable bonds is 2. The standard InChI is InChI=1S/C22H20N2O3S/c25-21(18-13-15-5-1-2-6-16(15)22(26)27-18)24-11-9-14(10-12-24)20-23-17-7-3-4-8-19(17)28-20/h1-8,14,18H,9-13H2/t18-/m0/s1. The normalized spacial score (nSPS) is 20.1. The van der Waals surface area contributed by atoms with Crippen molar-refractivity contribution in [2.75, 3.05) is 13.1 Å². The van der Waals surface area contributed by atoms with Gasteiger partial charge in [0.15, 0.2) is 6.10 Å². The van der Waals surface area contributed by atoms with E-state index in [0.717, 1.165) is 28.9 Å². The molecule has 0 unspecified atom stereocenters. The second-order valence-electron chi connectivity index (χ2n) is 7.37. The zero-order valence-corrected chi connectivity index (χ0v) is 16.2. The van der Waals surface area contributed by atoms with Crippen molar-refractivity contribution in [1.29, 1.82) is 0 Å². The molecule has 5 rings (SSSR count). The van der Waals surface area contributed by atoms with Crippen molar-refractivity contribution in [1.82, 2.24) is 9.88 Å². The van der Waals surface area contributed by atoms with Crippen LogP contribution in [0.5, 0.6) is 0 Å². The van der Waals surface area contributed by atoms with Crippen LogP contribution in [0.2, 0.25) is 0 Å². The molecule has 2 aliphatic heterocycles. The first-order chi connectivity index (χ1) is 13.7. The monoisotopic (exact) mass is 392 g/mol. The van der Waals surface area contributed by atoms with Crippen LogP contribution in [0.15, 0.2) is 48.5 Å². The highest BCUT2D eigenvalue weighted by Crippen LogP contribution is 2.34. The predicted octanol–water partition coefficient (Wildman–Crippen LogP) is 3.78. The number of para-hydroxylation sites is 1. The number of carbonyl (C=O) groups is 2. The number of hydrogen-bond acceptors (Lipinski definition) is 5. The van der Waals surface area contributed by atoms with E-state index in [1.807, 2.05) is 41.3 Å². The van der Waals surface area contributed by atoms with E-state index in [-0.39, 0.29) is 5.91 Å². The Morgan fingerprint density at radius 3 is 2.64 bits per heavy atom. The lowest BCUT2D eigenvalue weighted by molar-refractivity contribution is -0.142. The van der Waals surface area contributed by atoms with Gasteiger partial charge in [-0.1, -0.05) is 30.3 Å². The van der Waals surface area contributed by atoms with E-state index in [4.69, 9.17) is 9.72 Å². The number of aromatic nitrogens is 1. The van der Waals surface area contributed by atoms with E-state index >= 15 is 0 Å². The Hall–Kier alpha value is -2.73. The van der Waals surface area contributed by atoms with E-state index in [1.54, 1.807) is 17.4 Å². The van der Waals surface area contributed by atoms with Crippen LogP contribution in [0, 0.1) is 0 Å². The molecule has 5 nitrogen and oxygen atoms in total. The minimum Gasteiger partial charge on any atom is -0.448 e. The number of benzene rings is 2. The predicted molar refractivity (Wildman–Crippen MR) is 108 cm³/mol. The van der Waals surface area contributed by atoms with Crippen LogP contribution < -0.4 is 0 Å². The second kappa shape index (κ2) is 7.02. The van der Waals surface area contributed by atoms with Gasteiger partial charge in [0.05, 0.1) is 20.8 Å². The third kappa shape index (κ3) is 3.07. The minimum absolute atomic E-state index is 0.0781. The number of hydrogen-bond donors (Lipinski definition) is 0. The maximum atomic E-state index is 12.9. The number of thiazole rings is 1. The molecule has 0 saturated carbocycles. The van der Waals surface area contributed by atoms with Crippen molar-refractivity contribution in [3.8, 4) is 0 Å². The Morgan fingerprint density at radius 2 is 1.82 bits per heavy atom. The molecular formula is C22H20N2O3S. The highest BCUT2D eigenvalue weighted by Gasteiger charge is 2.35. The van der Waals surface area contributed by atoms with E-state index < -0.39 is 12.1 Å². The lowest BCUT2D eigenvalue weighted by Gasteiger charge is -2.34. The average Bonchev–Trinajstić information content (AvgIpc) is 3.18. The highest BCUT2D eigenvalue weighted by atomic mass is 32.1. The number of fused-ring (bicyclic) bond motifs is 2. The quantitative estimate of drug-likeness (QED) is 0.623. The first-order valence-electron chi connectivity index (χ1n) is 9.62. The molecule has 0 radical (unpaired) electrons. The molecule has 0 spiro atoms. The van der Waals surface area contributed by atoms with Crippen molar-refractivity contribution in [2.24, 2.45) is 0 Å². The van der Waals surface area contributed by atoms with Gasteiger partial charge in [-0.3, -0.25) is 4.79 Å². The Bertz CT molecular complexity index is 1020. The molecule has 0 N–H and O–H groups in total. The van der Waals surface area contributed by atoms with Gasteiger partial charge in [-0.05, 0) is 36.6 Å². The van der Waals surface area contributed by atoms with Crippen LogP contribution in [0.1, 0.15) is 39.7 Å². The molecule has 1 aromatic heterocycles. The molecule has 1 saturated heterocycles. The smallest absolute Gasteiger partial charge is 0.339 e. The van der Waals surface area contributed by atoms with Crippen LogP contribution in [0.4, 0.5) is 0 Å². The molecule has 3 heterocycles. The van der Waals surface area contributed by atoms with Gasteiger partial charge in [0, 0.05) is 25.4 Å². The molecule has 6 heteroatoms. The maximum Gasteiger partial charge on any atom is 0.339 e. The number of carbonyl (C=O) groups excluding carboxylic acids is 2. The summed E-state index contributed by atoms with van der Waals surface area (Å²) in [6.45, 7) is 1.35. The van der Waals surface area contributed by atoms with Crippen LogP contribution >= 0.6 is 11.3 Å². The van der Waals surface area contributed by atoms with E-state index in [1.165, 1.54) is 4.70 Å². The van der Waals surface area contributed by atoms with Crippen LogP contribution in [0.25, 0.3) is 10.2 Å². The molecule has 3 aromatic rings. The van der Waals surface area contributed by atoms with Gasteiger partial charge in [0.25, 0.3) is 5.91 Å². The van der Waals surface area contributed by atoms with Crippen molar-refractivity contribution in [2.45, 2.75) is 31.3 Å². The van der Waals surface area contributed by atoms with Crippen LogP contribution in [-0.4, -0.2) is 41.0 Å². The molecule has 1 fully saturated rings. The van der Waals surface area contributed by atoms with E-state index in [2.05, 4.69) is 6.07 Å². The van der Waals surface area contributed by atoms with E-state index in [0.29, 0.717) is 31.0 Å². The summed E-state index contributed by atoms with van der Waals surface area (Å²) in [7, 11) is 0. The average molecular weight is 392 g/mol. The van der Waals surface area contributed by atoms with Crippen molar-refractivity contribution in [3.63, 3.8) is 0 Å². The summed E-state index contributed by atoms with van der Waals surface area (Å²) >= 11 is 1.75. The molecule has 2 aliphatic rings. The van der Waals surface area contributed by atoms with Gasteiger partial charge in [-0.15, -0.1) is 11.3 Å². The Balaban J connectivity index is 1.25. The number of amides is 1. The number of cyclic esters (lactones) is 1. The summed E-state index contributed by atoms with van der Waals surface area (Å²) < 4.78 is 6.65. The third-order valence-electron chi connectivity index (χ3n) is 5.63. The summed E-state index contributed by atoms with van der Waals surface area (Å²) in [6, 6.07) is 15.5. The Kier molecular flexibility index (Phi) is 4.36. The molecule has 28 heavy (non-hydrogen) atoms. The maximum absolute atomic E-state index is 12.9. The lowest BCUT2D eigenvalue weighted by Crippen LogP contribution is -2.47. The van der Waals surface area contributed by atoms with Gasteiger partial charge >= 0.3 is 5.97 Å². The fourth-order valence-electron chi connectivity index (χ4n) is 4.08. The fourth-order valence-corrected chi connectivity index (χ4v) is 5.22. The van der Waals surface area contributed by atoms with Gasteiger partial charge in [-0.2, -0.15) is 0 Å². The summed E-state index contributed by atoms with van der Waals surface area (Å²) in [4.78, 5) is 31.8. The van der Waals surface area contributed by atoms with E-state index in [9.17, 15) is 9.59 Å². The number of ether oxygens (including phenoxy) is 1. The number of esters is 1. The molecule has 0 bridgehead atoms. The molecule has 2 aromatic carbocycles. The highest BCUT2D eigenvalue weighted by molar-refractivity contribution is 7.18. The van der Waals surface area contributed by atoms with Gasteiger partial charge in [0.1, 0.15) is 0 Å².